The molecule has 0 spiro atoms. The standard InChI is InChI=1S/C22H19F7N8/c1-20(12-2-4-14(23)5-3-12,13-8-36(9-13)19(31)33-11-30)10-32-17-6-15(21(24,25)26)34-18-7-16(22(27,28)29)35-37(17)18/h2-7,13,32H,8-10H2,1H3,(H2,31,33)/t20-/m1/s1. The number of fused-ring (bicyclic) bond motifs is 1. The minimum absolute atomic E-state index is 0.00459. The Hall–Kier alpha value is -4.09. The number of hydrogen-bond acceptors (Lipinski definition) is 5. The summed E-state index contributed by atoms with van der Waals surface area (Å²) in [5.74, 6) is -1.06. The number of nitrogens with two attached hydrogens (primary N) is 1. The van der Waals surface area contributed by atoms with Gasteiger partial charge >= 0.3 is 12.4 Å². The molecule has 37 heavy (non-hydrogen) atoms. The highest BCUT2D eigenvalue weighted by Crippen LogP contribution is 2.39. The number of alkyl halides is 6. The number of hydrogen-bond donors (Lipinski definition) is 2. The third kappa shape index (κ3) is 5.09. The van der Waals surface area contributed by atoms with Crippen molar-refractivity contribution in [1.29, 1.82) is 5.26 Å². The maximum atomic E-state index is 13.6. The average Bonchev–Trinajstić information content (AvgIpc) is 3.21. The molecule has 1 saturated heterocycles. The second-order valence-corrected chi connectivity index (χ2v) is 8.77. The number of aromatic nitrogens is 3. The molecule has 0 bridgehead atoms. The van der Waals surface area contributed by atoms with Gasteiger partial charge < -0.3 is 16.0 Å². The second-order valence-electron chi connectivity index (χ2n) is 8.77. The van der Waals surface area contributed by atoms with E-state index in [1.807, 2.05) is 0 Å². The molecule has 0 unspecified atom stereocenters. The van der Waals surface area contributed by atoms with Gasteiger partial charge in [-0.05, 0) is 17.7 Å². The van der Waals surface area contributed by atoms with Crippen LogP contribution in [0, 0.1) is 23.2 Å². The Balaban J connectivity index is 1.71. The average molecular weight is 528 g/mol. The van der Waals surface area contributed by atoms with E-state index >= 15 is 0 Å². The van der Waals surface area contributed by atoms with Crippen LogP contribution in [-0.4, -0.2) is 45.1 Å². The van der Waals surface area contributed by atoms with Crippen molar-refractivity contribution in [3.05, 3.63) is 59.2 Å². The van der Waals surface area contributed by atoms with Gasteiger partial charge in [-0.1, -0.05) is 19.1 Å². The number of aliphatic imine (C=N–C) groups is 1. The van der Waals surface area contributed by atoms with Crippen molar-refractivity contribution in [3.63, 3.8) is 0 Å². The molecule has 2 aromatic heterocycles. The van der Waals surface area contributed by atoms with Gasteiger partial charge in [0.15, 0.2) is 17.0 Å². The number of guanidine groups is 1. The number of halogens is 7. The predicted molar refractivity (Wildman–Crippen MR) is 118 cm³/mol. The fourth-order valence-electron chi connectivity index (χ4n) is 4.16. The van der Waals surface area contributed by atoms with Crippen molar-refractivity contribution in [2.45, 2.75) is 24.7 Å². The van der Waals surface area contributed by atoms with E-state index in [9.17, 15) is 30.7 Å². The van der Waals surface area contributed by atoms with E-state index in [0.29, 0.717) is 35.3 Å². The van der Waals surface area contributed by atoms with Gasteiger partial charge in [0.25, 0.3) is 0 Å². The van der Waals surface area contributed by atoms with Crippen LogP contribution in [-0.2, 0) is 17.8 Å². The molecule has 1 aromatic carbocycles. The van der Waals surface area contributed by atoms with Crippen molar-refractivity contribution in [2.24, 2.45) is 16.6 Å². The van der Waals surface area contributed by atoms with E-state index in [1.165, 1.54) is 24.3 Å². The van der Waals surface area contributed by atoms with Gasteiger partial charge in [0.2, 0.25) is 12.2 Å². The first-order valence-corrected chi connectivity index (χ1v) is 10.7. The molecule has 0 saturated carbocycles. The zero-order chi connectivity index (χ0) is 27.2. The SMILES string of the molecule is C[C@@](CNc1cc(C(F)(F)F)nc2cc(C(F)(F)F)nn12)(c1ccc(F)cc1)C1CN(C(N)=NC#N)C1. The van der Waals surface area contributed by atoms with E-state index in [-0.39, 0.29) is 24.2 Å². The molecule has 3 aromatic rings. The highest BCUT2D eigenvalue weighted by atomic mass is 19.4. The van der Waals surface area contributed by atoms with Crippen LogP contribution >= 0.6 is 0 Å². The Morgan fingerprint density at radius 1 is 1.11 bits per heavy atom. The first kappa shape index (κ1) is 26.0. The van der Waals surface area contributed by atoms with E-state index in [4.69, 9.17) is 11.0 Å². The van der Waals surface area contributed by atoms with Gasteiger partial charge in [-0.3, -0.25) is 0 Å². The summed E-state index contributed by atoms with van der Waals surface area (Å²) in [5, 5.41) is 14.9. The zero-order valence-electron chi connectivity index (χ0n) is 19.1. The van der Waals surface area contributed by atoms with Crippen LogP contribution in [0.15, 0.2) is 41.4 Å². The monoisotopic (exact) mass is 528 g/mol. The van der Waals surface area contributed by atoms with Gasteiger partial charge in [0.05, 0.1) is 0 Å². The number of rotatable bonds is 5. The Bertz CT molecular complexity index is 1370. The normalized spacial score (nSPS) is 16.8. The minimum atomic E-state index is -4.92. The molecule has 196 valence electrons. The molecule has 1 aliphatic rings. The van der Waals surface area contributed by atoms with Crippen LogP contribution in [0.4, 0.5) is 36.6 Å². The van der Waals surface area contributed by atoms with Gasteiger partial charge in [-0.25, -0.2) is 9.37 Å². The third-order valence-corrected chi connectivity index (χ3v) is 6.42. The zero-order valence-corrected chi connectivity index (χ0v) is 19.1. The van der Waals surface area contributed by atoms with Crippen LogP contribution in [0.1, 0.15) is 23.9 Å². The Morgan fingerprint density at radius 3 is 2.30 bits per heavy atom. The molecule has 15 heteroatoms. The summed E-state index contributed by atoms with van der Waals surface area (Å²) in [6, 6.07) is 6.50. The molecule has 3 heterocycles. The molecule has 8 nitrogen and oxygen atoms in total. The van der Waals surface area contributed by atoms with Crippen molar-refractivity contribution >= 4 is 17.4 Å². The van der Waals surface area contributed by atoms with Crippen molar-refractivity contribution < 1.29 is 30.7 Å². The summed E-state index contributed by atoms with van der Waals surface area (Å²) in [4.78, 5) is 8.39. The fraction of sp³-hybridized carbons (Fsp3) is 0.364. The lowest BCUT2D eigenvalue weighted by Crippen LogP contribution is -2.60. The van der Waals surface area contributed by atoms with E-state index < -0.39 is 40.6 Å². The lowest BCUT2D eigenvalue weighted by atomic mass is 9.68. The number of anilines is 1. The summed E-state index contributed by atoms with van der Waals surface area (Å²) < 4.78 is 94.3. The van der Waals surface area contributed by atoms with Crippen molar-refractivity contribution in [2.75, 3.05) is 25.0 Å². The summed E-state index contributed by atoms with van der Waals surface area (Å²) >= 11 is 0. The highest BCUT2D eigenvalue weighted by Gasteiger charge is 2.44. The number of benzene rings is 1. The maximum Gasteiger partial charge on any atom is 0.435 e. The van der Waals surface area contributed by atoms with Crippen molar-refractivity contribution in [3.8, 4) is 6.19 Å². The number of nitriles is 1. The molecule has 1 atom stereocenters. The largest absolute Gasteiger partial charge is 0.435 e. The Labute approximate surface area is 205 Å². The van der Waals surface area contributed by atoms with Crippen LogP contribution in [0.3, 0.4) is 0 Å². The number of nitrogens with one attached hydrogen (secondary N) is 1. The lowest BCUT2D eigenvalue weighted by molar-refractivity contribution is -0.142. The molecule has 1 aliphatic heterocycles. The predicted octanol–water partition coefficient (Wildman–Crippen LogP) is 4.00. The fourth-order valence-corrected chi connectivity index (χ4v) is 4.16. The van der Waals surface area contributed by atoms with Gasteiger partial charge in [-0.15, -0.1) is 4.99 Å². The number of likely N-dealkylation sites (tertiary alicyclic amines) is 1. The molecule has 0 radical (unpaired) electrons. The van der Waals surface area contributed by atoms with Crippen LogP contribution in [0.2, 0.25) is 0 Å². The summed E-state index contributed by atoms with van der Waals surface area (Å²) in [6.45, 7) is 2.36. The third-order valence-electron chi connectivity index (χ3n) is 6.42. The maximum absolute atomic E-state index is 13.6. The highest BCUT2D eigenvalue weighted by molar-refractivity contribution is 5.79. The first-order chi connectivity index (χ1) is 17.2. The smallest absolute Gasteiger partial charge is 0.369 e. The molecule has 1 fully saturated rings. The molecule has 0 amide bonds. The minimum Gasteiger partial charge on any atom is -0.369 e. The molecule has 3 N–H and O–H groups in total. The van der Waals surface area contributed by atoms with E-state index in [1.54, 1.807) is 18.0 Å². The Morgan fingerprint density at radius 2 is 1.73 bits per heavy atom. The van der Waals surface area contributed by atoms with Crippen LogP contribution in [0.25, 0.3) is 5.65 Å². The second kappa shape index (κ2) is 9.09. The van der Waals surface area contributed by atoms with E-state index in [2.05, 4.69) is 20.4 Å². The Kier molecular flexibility index (Phi) is 6.39. The first-order valence-electron chi connectivity index (χ1n) is 10.7. The van der Waals surface area contributed by atoms with Crippen LogP contribution < -0.4 is 11.1 Å². The summed E-state index contributed by atoms with van der Waals surface area (Å²) in [6.07, 6.45) is -8.24. The topological polar surface area (TPSA) is 108 Å². The van der Waals surface area contributed by atoms with E-state index in [0.717, 1.165) is 0 Å². The molecule has 0 aliphatic carbocycles. The van der Waals surface area contributed by atoms with Crippen LogP contribution in [0.5, 0.6) is 0 Å². The summed E-state index contributed by atoms with van der Waals surface area (Å²) in [5.41, 5.74) is 2.09. The quantitative estimate of drug-likeness (QED) is 0.224. The van der Waals surface area contributed by atoms with Gasteiger partial charge in [0.1, 0.15) is 11.6 Å². The van der Waals surface area contributed by atoms with Gasteiger partial charge in [0, 0.05) is 43.1 Å². The summed E-state index contributed by atoms with van der Waals surface area (Å²) in [7, 11) is 0. The van der Waals surface area contributed by atoms with Gasteiger partial charge in [-0.2, -0.15) is 41.2 Å². The molecular weight excluding hydrogens is 509 g/mol. The lowest BCUT2D eigenvalue weighted by Gasteiger charge is -2.49. The van der Waals surface area contributed by atoms with Crippen molar-refractivity contribution in [1.82, 2.24) is 19.5 Å². The number of nitrogens with zero attached hydrogens (tertiary/aromatic N) is 6. The molecule has 4 rings (SSSR count). The molecular formula is C22H19F7N8.